The van der Waals surface area contributed by atoms with Crippen LogP contribution >= 0.6 is 0 Å². The van der Waals surface area contributed by atoms with Crippen LogP contribution in [0.4, 0.5) is 0 Å². The lowest BCUT2D eigenvalue weighted by atomic mass is 9.89. The lowest BCUT2D eigenvalue weighted by Gasteiger charge is -2.17. The van der Waals surface area contributed by atoms with Crippen LogP contribution in [-0.2, 0) is 6.42 Å². The zero-order chi connectivity index (χ0) is 34.6. The maximum Gasteiger partial charge on any atom is 0.155 e. The van der Waals surface area contributed by atoms with Crippen LogP contribution < -0.4 is 0 Å². The summed E-state index contributed by atoms with van der Waals surface area (Å²) in [6.07, 6.45) is 10.6. The van der Waals surface area contributed by atoms with E-state index >= 15 is 0 Å². The number of allylic oxidation sites excluding steroid dienone is 1. The van der Waals surface area contributed by atoms with E-state index in [9.17, 15) is 0 Å². The van der Waals surface area contributed by atoms with Crippen LogP contribution in [0.1, 0.15) is 54.1 Å². The molecular formula is C48H39N3. The molecule has 0 spiro atoms. The van der Waals surface area contributed by atoms with Crippen molar-refractivity contribution in [1.29, 1.82) is 0 Å². The maximum atomic E-state index is 5.26. The fraction of sp³-hybridized carbons (Fsp3) is 0.104. The molecule has 8 rings (SSSR count). The SMILES string of the molecule is CC(=NC(=NC(C)c1ccccc1)c1ccccc1)c1cc(-c2ccc(-c3ccc4ccccc4c3)cc2)cc(-c2cncc3c2C=CCC3)c1. The van der Waals surface area contributed by atoms with Gasteiger partial charge in [-0.05, 0) is 112 Å². The first-order valence-corrected chi connectivity index (χ1v) is 17.7. The summed E-state index contributed by atoms with van der Waals surface area (Å²) in [5.41, 5.74) is 13.6. The summed E-state index contributed by atoms with van der Waals surface area (Å²) in [4.78, 5) is 15.1. The van der Waals surface area contributed by atoms with E-state index in [1.807, 2.05) is 36.7 Å². The molecule has 0 bridgehead atoms. The van der Waals surface area contributed by atoms with Crippen LogP contribution in [0, 0.1) is 0 Å². The monoisotopic (exact) mass is 657 g/mol. The van der Waals surface area contributed by atoms with E-state index < -0.39 is 0 Å². The standard InChI is InChI=1S/C48H39N3/c1-33(35-13-5-3-6-14-35)50-48(39-16-7-4-8-17-39)51-34(2)43-28-44(30-45(29-43)47-32-49-31-42-19-11-12-20-46(42)47)38-23-21-37(22-24-38)41-26-25-36-15-9-10-18-40(36)27-41/h3-10,12-18,20-33H,11,19H2,1-2H3. The van der Waals surface area contributed by atoms with Gasteiger partial charge in [-0.3, -0.25) is 9.98 Å². The van der Waals surface area contributed by atoms with Crippen LogP contribution in [0.15, 0.2) is 174 Å². The number of aromatic nitrogens is 1. The molecule has 1 heterocycles. The topological polar surface area (TPSA) is 37.6 Å². The van der Waals surface area contributed by atoms with E-state index in [0.717, 1.165) is 63.3 Å². The molecular weight excluding hydrogens is 619 g/mol. The van der Waals surface area contributed by atoms with Gasteiger partial charge in [0.2, 0.25) is 0 Å². The van der Waals surface area contributed by atoms with Crippen molar-refractivity contribution in [2.75, 3.05) is 0 Å². The maximum absolute atomic E-state index is 5.26. The van der Waals surface area contributed by atoms with Crippen molar-refractivity contribution in [3.8, 4) is 33.4 Å². The minimum atomic E-state index is -0.0466. The van der Waals surface area contributed by atoms with Gasteiger partial charge in [-0.25, -0.2) is 4.99 Å². The summed E-state index contributed by atoms with van der Waals surface area (Å²) in [5.74, 6) is 0.720. The highest BCUT2D eigenvalue weighted by atomic mass is 14.9. The molecule has 6 aromatic carbocycles. The second-order valence-corrected chi connectivity index (χ2v) is 13.2. The number of nitrogens with zero attached hydrogens (tertiary/aromatic N) is 3. The van der Waals surface area contributed by atoms with Gasteiger partial charge in [-0.15, -0.1) is 0 Å². The second kappa shape index (κ2) is 14.3. The van der Waals surface area contributed by atoms with Gasteiger partial charge in [-0.1, -0.05) is 133 Å². The number of benzene rings is 6. The van der Waals surface area contributed by atoms with Gasteiger partial charge >= 0.3 is 0 Å². The summed E-state index contributed by atoms with van der Waals surface area (Å²) >= 11 is 0. The fourth-order valence-electron chi connectivity index (χ4n) is 6.93. The predicted molar refractivity (Wildman–Crippen MR) is 215 cm³/mol. The van der Waals surface area contributed by atoms with E-state index in [1.54, 1.807) is 0 Å². The molecule has 0 saturated carbocycles. The minimum absolute atomic E-state index is 0.0466. The summed E-state index contributed by atoms with van der Waals surface area (Å²) in [5, 5.41) is 2.50. The molecule has 0 N–H and O–H groups in total. The van der Waals surface area contributed by atoms with Gasteiger partial charge in [0.1, 0.15) is 0 Å². The van der Waals surface area contributed by atoms with E-state index in [0.29, 0.717) is 0 Å². The van der Waals surface area contributed by atoms with Crippen LogP contribution in [0.5, 0.6) is 0 Å². The summed E-state index contributed by atoms with van der Waals surface area (Å²) in [6.45, 7) is 4.22. The van der Waals surface area contributed by atoms with Gasteiger partial charge in [0.15, 0.2) is 5.84 Å². The van der Waals surface area contributed by atoms with E-state index in [2.05, 4.69) is 152 Å². The lowest BCUT2D eigenvalue weighted by molar-refractivity contribution is 0.818. The first-order valence-electron chi connectivity index (χ1n) is 17.7. The van der Waals surface area contributed by atoms with Crippen LogP contribution in [0.3, 0.4) is 0 Å². The quantitative estimate of drug-likeness (QED) is 0.124. The van der Waals surface area contributed by atoms with Crippen molar-refractivity contribution in [2.45, 2.75) is 32.7 Å². The molecule has 1 aliphatic rings. The molecule has 246 valence electrons. The Hall–Kier alpha value is -6.19. The molecule has 0 radical (unpaired) electrons. The normalized spacial score (nSPS) is 13.6. The lowest BCUT2D eigenvalue weighted by Crippen LogP contribution is -2.06. The van der Waals surface area contributed by atoms with Crippen LogP contribution in [0.2, 0.25) is 0 Å². The van der Waals surface area contributed by atoms with Gasteiger partial charge < -0.3 is 0 Å². The molecule has 1 atom stereocenters. The molecule has 1 aromatic heterocycles. The Bertz CT molecular complexity index is 2420. The van der Waals surface area contributed by atoms with Crippen LogP contribution in [-0.4, -0.2) is 16.5 Å². The summed E-state index contributed by atoms with van der Waals surface area (Å²) in [6, 6.07) is 51.6. The number of aryl methyl sites for hydroxylation is 1. The van der Waals surface area contributed by atoms with E-state index in [-0.39, 0.29) is 6.04 Å². The number of hydrogen-bond acceptors (Lipinski definition) is 2. The van der Waals surface area contributed by atoms with Crippen molar-refractivity contribution in [2.24, 2.45) is 9.98 Å². The Morgan fingerprint density at radius 2 is 1.27 bits per heavy atom. The van der Waals surface area contributed by atoms with Crippen molar-refractivity contribution in [3.63, 3.8) is 0 Å². The molecule has 7 aromatic rings. The van der Waals surface area contributed by atoms with Gasteiger partial charge in [0.25, 0.3) is 0 Å². The summed E-state index contributed by atoms with van der Waals surface area (Å²) in [7, 11) is 0. The second-order valence-electron chi connectivity index (χ2n) is 13.2. The first-order chi connectivity index (χ1) is 25.1. The number of pyridine rings is 1. The minimum Gasteiger partial charge on any atom is -0.264 e. The third kappa shape index (κ3) is 6.97. The van der Waals surface area contributed by atoms with Crippen LogP contribution in [0.25, 0.3) is 50.2 Å². The Morgan fingerprint density at radius 1 is 0.608 bits per heavy atom. The number of hydrogen-bond donors (Lipinski definition) is 0. The molecule has 0 fully saturated rings. The highest BCUT2D eigenvalue weighted by Crippen LogP contribution is 2.35. The van der Waals surface area contributed by atoms with Crippen molar-refractivity contribution in [1.82, 2.24) is 4.98 Å². The predicted octanol–water partition coefficient (Wildman–Crippen LogP) is 12.2. The van der Waals surface area contributed by atoms with Crippen molar-refractivity contribution >= 4 is 28.4 Å². The zero-order valence-electron chi connectivity index (χ0n) is 29.0. The molecule has 3 heteroatoms. The first kappa shape index (κ1) is 32.0. The molecule has 3 nitrogen and oxygen atoms in total. The number of fused-ring (bicyclic) bond motifs is 2. The average Bonchev–Trinajstić information content (AvgIpc) is 3.20. The third-order valence-corrected chi connectivity index (χ3v) is 9.80. The Morgan fingerprint density at radius 3 is 2.06 bits per heavy atom. The highest BCUT2D eigenvalue weighted by molar-refractivity contribution is 6.12. The third-order valence-electron chi connectivity index (χ3n) is 9.80. The smallest absolute Gasteiger partial charge is 0.155 e. The number of aliphatic imine (C=N–C) groups is 2. The number of amidine groups is 1. The molecule has 1 aliphatic carbocycles. The molecule has 1 unspecified atom stereocenters. The van der Waals surface area contributed by atoms with Gasteiger partial charge in [0, 0.05) is 29.2 Å². The Labute approximate surface area is 300 Å². The van der Waals surface area contributed by atoms with Crippen molar-refractivity contribution in [3.05, 3.63) is 192 Å². The molecule has 0 aliphatic heterocycles. The highest BCUT2D eigenvalue weighted by Gasteiger charge is 2.16. The largest absolute Gasteiger partial charge is 0.264 e. The summed E-state index contributed by atoms with van der Waals surface area (Å²) < 4.78 is 0. The molecule has 0 amide bonds. The number of rotatable bonds is 7. The van der Waals surface area contributed by atoms with E-state index in [1.165, 1.54) is 33.0 Å². The van der Waals surface area contributed by atoms with Gasteiger partial charge in [-0.2, -0.15) is 0 Å². The fourth-order valence-corrected chi connectivity index (χ4v) is 6.93. The average molecular weight is 658 g/mol. The van der Waals surface area contributed by atoms with E-state index in [4.69, 9.17) is 9.98 Å². The molecule has 0 saturated heterocycles. The van der Waals surface area contributed by atoms with Crippen molar-refractivity contribution < 1.29 is 0 Å². The Kier molecular flexibility index (Phi) is 9.01. The molecule has 51 heavy (non-hydrogen) atoms. The Balaban J connectivity index is 1.23. The zero-order valence-corrected chi connectivity index (χ0v) is 29.0. The van der Waals surface area contributed by atoms with Gasteiger partial charge in [0.05, 0.1) is 6.04 Å².